The smallest absolute Gasteiger partial charge is 0.407 e. The van der Waals surface area contributed by atoms with Crippen molar-refractivity contribution in [2.75, 3.05) is 26.2 Å². The van der Waals surface area contributed by atoms with E-state index < -0.39 is 5.60 Å². The van der Waals surface area contributed by atoms with Crippen LogP contribution in [-0.2, 0) is 4.74 Å². The van der Waals surface area contributed by atoms with Gasteiger partial charge < -0.3 is 15.8 Å². The van der Waals surface area contributed by atoms with Gasteiger partial charge in [-0.05, 0) is 58.5 Å². The van der Waals surface area contributed by atoms with E-state index >= 15 is 0 Å². The van der Waals surface area contributed by atoms with E-state index in [1.54, 1.807) is 0 Å². The molecule has 0 aromatic carbocycles. The first-order chi connectivity index (χ1) is 9.63. The second-order valence-corrected chi connectivity index (χ2v) is 7.83. The highest BCUT2D eigenvalue weighted by Gasteiger charge is 2.27. The summed E-state index contributed by atoms with van der Waals surface area (Å²) in [4.78, 5) is 14.1. The van der Waals surface area contributed by atoms with Crippen LogP contribution in [0.1, 0.15) is 53.9 Å². The number of hydrogen-bond acceptors (Lipinski definition) is 4. The maximum absolute atomic E-state index is 11.7. The van der Waals surface area contributed by atoms with Gasteiger partial charge in [0.05, 0.1) is 0 Å². The number of carbonyl (C=O) groups excluding carboxylic acids is 1. The lowest BCUT2D eigenvalue weighted by Gasteiger charge is -2.31. The van der Waals surface area contributed by atoms with Crippen LogP contribution in [0, 0.1) is 5.41 Å². The third-order valence-corrected chi connectivity index (χ3v) is 4.04. The standard InChI is InChI=1S/C16H33N3O2/c1-15(2,3)21-14(20)18-12-13(11-17)19-9-6-7-16(4,5)8-10-19/h13H,6-12,17H2,1-5H3,(H,18,20). The van der Waals surface area contributed by atoms with E-state index in [2.05, 4.69) is 24.1 Å². The van der Waals surface area contributed by atoms with Crippen molar-refractivity contribution in [2.24, 2.45) is 11.1 Å². The van der Waals surface area contributed by atoms with Gasteiger partial charge in [-0.2, -0.15) is 0 Å². The van der Waals surface area contributed by atoms with Crippen LogP contribution in [0.15, 0.2) is 0 Å². The summed E-state index contributed by atoms with van der Waals surface area (Å²) in [5, 5.41) is 2.85. The summed E-state index contributed by atoms with van der Waals surface area (Å²) in [7, 11) is 0. The number of carbonyl (C=O) groups is 1. The van der Waals surface area contributed by atoms with Crippen LogP contribution in [-0.4, -0.2) is 48.8 Å². The molecule has 1 amide bonds. The molecule has 21 heavy (non-hydrogen) atoms. The number of likely N-dealkylation sites (tertiary alicyclic amines) is 1. The second-order valence-electron chi connectivity index (χ2n) is 7.83. The van der Waals surface area contributed by atoms with Crippen LogP contribution in [0.25, 0.3) is 0 Å². The van der Waals surface area contributed by atoms with E-state index in [0.29, 0.717) is 18.5 Å². The van der Waals surface area contributed by atoms with E-state index in [1.807, 2.05) is 20.8 Å². The summed E-state index contributed by atoms with van der Waals surface area (Å²) < 4.78 is 5.27. The van der Waals surface area contributed by atoms with Crippen molar-refractivity contribution in [1.29, 1.82) is 0 Å². The van der Waals surface area contributed by atoms with Crippen LogP contribution in [0.2, 0.25) is 0 Å². The Hall–Kier alpha value is -0.810. The predicted octanol–water partition coefficient (Wildman–Crippen LogP) is 2.35. The highest BCUT2D eigenvalue weighted by molar-refractivity contribution is 5.67. The molecule has 1 aliphatic heterocycles. The van der Waals surface area contributed by atoms with Gasteiger partial charge in [0.2, 0.25) is 0 Å². The Balaban J connectivity index is 2.46. The largest absolute Gasteiger partial charge is 0.444 e. The molecule has 5 nitrogen and oxygen atoms in total. The molecule has 5 heteroatoms. The first-order valence-electron chi connectivity index (χ1n) is 8.04. The van der Waals surface area contributed by atoms with Crippen molar-refractivity contribution in [1.82, 2.24) is 10.2 Å². The number of hydrogen-bond donors (Lipinski definition) is 2. The molecule has 1 saturated heterocycles. The van der Waals surface area contributed by atoms with E-state index in [1.165, 1.54) is 19.3 Å². The molecule has 0 bridgehead atoms. The lowest BCUT2D eigenvalue weighted by atomic mass is 9.85. The van der Waals surface area contributed by atoms with Gasteiger partial charge in [-0.25, -0.2) is 4.79 Å². The first-order valence-corrected chi connectivity index (χ1v) is 8.04. The van der Waals surface area contributed by atoms with E-state index in [-0.39, 0.29) is 12.1 Å². The molecule has 1 aliphatic rings. The third-order valence-electron chi connectivity index (χ3n) is 4.04. The molecular formula is C16H33N3O2. The molecule has 3 N–H and O–H groups in total. The van der Waals surface area contributed by atoms with E-state index in [9.17, 15) is 4.79 Å². The van der Waals surface area contributed by atoms with Gasteiger partial charge in [-0.1, -0.05) is 13.8 Å². The molecule has 1 atom stereocenters. The first kappa shape index (κ1) is 18.2. The maximum Gasteiger partial charge on any atom is 0.407 e. The average molecular weight is 299 g/mol. The fourth-order valence-corrected chi connectivity index (χ4v) is 2.69. The van der Waals surface area contributed by atoms with Crippen LogP contribution in [0.5, 0.6) is 0 Å². The zero-order valence-electron chi connectivity index (χ0n) is 14.4. The van der Waals surface area contributed by atoms with Crippen molar-refractivity contribution in [2.45, 2.75) is 65.5 Å². The molecule has 0 radical (unpaired) electrons. The van der Waals surface area contributed by atoms with Crippen molar-refractivity contribution in [3.8, 4) is 0 Å². The Morgan fingerprint density at radius 1 is 1.33 bits per heavy atom. The minimum atomic E-state index is -0.463. The minimum Gasteiger partial charge on any atom is -0.444 e. The van der Waals surface area contributed by atoms with Crippen molar-refractivity contribution >= 4 is 6.09 Å². The molecule has 1 heterocycles. The maximum atomic E-state index is 11.7. The molecule has 0 aliphatic carbocycles. The molecule has 0 aromatic heterocycles. The third kappa shape index (κ3) is 7.14. The number of nitrogens with one attached hydrogen (secondary N) is 1. The fourth-order valence-electron chi connectivity index (χ4n) is 2.69. The zero-order valence-corrected chi connectivity index (χ0v) is 14.4. The SMILES string of the molecule is CC1(C)CCCN(C(CN)CNC(=O)OC(C)(C)C)CC1. The van der Waals surface area contributed by atoms with Crippen molar-refractivity contribution in [3.05, 3.63) is 0 Å². The fraction of sp³-hybridized carbons (Fsp3) is 0.938. The molecule has 1 unspecified atom stereocenters. The van der Waals surface area contributed by atoms with Crippen LogP contribution in [0.4, 0.5) is 4.79 Å². The lowest BCUT2D eigenvalue weighted by molar-refractivity contribution is 0.0508. The Labute approximate surface area is 129 Å². The number of alkyl carbamates (subject to hydrolysis) is 1. The van der Waals surface area contributed by atoms with Crippen molar-refractivity contribution < 1.29 is 9.53 Å². The zero-order chi connectivity index (χ0) is 16.1. The average Bonchev–Trinajstić information content (AvgIpc) is 2.49. The van der Waals surface area contributed by atoms with Gasteiger partial charge in [-0.3, -0.25) is 4.90 Å². The van der Waals surface area contributed by atoms with Gasteiger partial charge >= 0.3 is 6.09 Å². The monoisotopic (exact) mass is 299 g/mol. The van der Waals surface area contributed by atoms with Crippen LogP contribution >= 0.6 is 0 Å². The summed E-state index contributed by atoms with van der Waals surface area (Å²) in [6.07, 6.45) is 3.25. The van der Waals surface area contributed by atoms with E-state index in [0.717, 1.165) is 13.1 Å². The molecule has 124 valence electrons. The Kier molecular flexibility index (Phi) is 6.47. The summed E-state index contributed by atoms with van der Waals surface area (Å²) >= 11 is 0. The number of nitrogens with two attached hydrogens (primary N) is 1. The summed E-state index contributed by atoms with van der Waals surface area (Å²) in [6.45, 7) is 13.5. The quantitative estimate of drug-likeness (QED) is 0.836. The second kappa shape index (κ2) is 7.45. The molecule has 0 spiro atoms. The predicted molar refractivity (Wildman–Crippen MR) is 86.3 cm³/mol. The highest BCUT2D eigenvalue weighted by atomic mass is 16.6. The van der Waals surface area contributed by atoms with Gasteiger partial charge in [0.15, 0.2) is 0 Å². The Bertz CT molecular complexity index is 337. The van der Waals surface area contributed by atoms with Gasteiger partial charge in [-0.15, -0.1) is 0 Å². The summed E-state index contributed by atoms with van der Waals surface area (Å²) in [5.41, 5.74) is 5.85. The lowest BCUT2D eigenvalue weighted by Crippen LogP contribution is -2.49. The normalized spacial score (nSPS) is 21.4. The van der Waals surface area contributed by atoms with E-state index in [4.69, 9.17) is 10.5 Å². The summed E-state index contributed by atoms with van der Waals surface area (Å²) in [5.74, 6) is 0. The number of amides is 1. The Morgan fingerprint density at radius 2 is 2.00 bits per heavy atom. The van der Waals surface area contributed by atoms with Gasteiger partial charge in [0, 0.05) is 19.1 Å². The topological polar surface area (TPSA) is 67.6 Å². The molecule has 0 aromatic rings. The molecule has 1 fully saturated rings. The van der Waals surface area contributed by atoms with Crippen molar-refractivity contribution in [3.63, 3.8) is 0 Å². The minimum absolute atomic E-state index is 0.186. The van der Waals surface area contributed by atoms with Crippen LogP contribution < -0.4 is 11.1 Å². The van der Waals surface area contributed by atoms with Crippen LogP contribution in [0.3, 0.4) is 0 Å². The summed E-state index contributed by atoms with van der Waals surface area (Å²) in [6, 6.07) is 0.186. The van der Waals surface area contributed by atoms with Gasteiger partial charge in [0.25, 0.3) is 0 Å². The number of rotatable bonds is 4. The number of ether oxygens (including phenoxy) is 1. The molecule has 0 saturated carbocycles. The molecular weight excluding hydrogens is 266 g/mol. The number of nitrogens with zero attached hydrogens (tertiary/aromatic N) is 1. The van der Waals surface area contributed by atoms with Gasteiger partial charge in [0.1, 0.15) is 5.60 Å². The molecule has 1 rings (SSSR count). The highest BCUT2D eigenvalue weighted by Crippen LogP contribution is 2.30. The Morgan fingerprint density at radius 3 is 2.57 bits per heavy atom.